The molecular formula is C21H24BrN3O3. The van der Waals surface area contributed by atoms with Crippen LogP contribution < -0.4 is 5.32 Å². The number of benzene rings is 1. The van der Waals surface area contributed by atoms with Gasteiger partial charge < -0.3 is 15.1 Å². The second-order valence-electron chi connectivity index (χ2n) is 9.12. The van der Waals surface area contributed by atoms with E-state index in [2.05, 4.69) is 35.1 Å². The van der Waals surface area contributed by atoms with Gasteiger partial charge in [-0.25, -0.2) is 0 Å². The number of carbonyl (C=O) groups is 3. The van der Waals surface area contributed by atoms with Crippen molar-refractivity contribution in [2.24, 2.45) is 5.41 Å². The maximum Gasteiger partial charge on any atom is 0.246 e. The zero-order valence-corrected chi connectivity index (χ0v) is 17.7. The number of fused-ring (bicyclic) bond motifs is 3. The second-order valence-corrected chi connectivity index (χ2v) is 10.0. The minimum absolute atomic E-state index is 0.00547. The summed E-state index contributed by atoms with van der Waals surface area (Å²) in [6.07, 6.45) is 2.61. The van der Waals surface area contributed by atoms with E-state index in [1.807, 2.05) is 18.2 Å². The van der Waals surface area contributed by atoms with E-state index >= 15 is 0 Å². The monoisotopic (exact) mass is 445 g/mol. The summed E-state index contributed by atoms with van der Waals surface area (Å²) in [5.41, 5.74) is 0.170. The summed E-state index contributed by atoms with van der Waals surface area (Å²) in [4.78, 5) is 43.6. The van der Waals surface area contributed by atoms with Crippen LogP contribution in [0.2, 0.25) is 0 Å². The standard InChI is InChI=1S/C21H24BrN3O3/c1-20(2)7-9-25-16(19(28)24-8-3-4-15(24)18(25)27)11-21(20)17(26)13-10-12(22)5-6-14(13)23-21/h5-6,10,15-16,23H,3-4,7-9,11H2,1-2H3. The van der Waals surface area contributed by atoms with Crippen LogP contribution in [0, 0.1) is 5.41 Å². The van der Waals surface area contributed by atoms with Gasteiger partial charge in [0.1, 0.15) is 17.6 Å². The van der Waals surface area contributed by atoms with Crippen molar-refractivity contribution in [3.63, 3.8) is 0 Å². The van der Waals surface area contributed by atoms with Crippen LogP contribution >= 0.6 is 15.9 Å². The van der Waals surface area contributed by atoms with Gasteiger partial charge in [-0.15, -0.1) is 0 Å². The average molecular weight is 446 g/mol. The molecule has 2 amide bonds. The maximum absolute atomic E-state index is 13.7. The molecule has 4 heterocycles. The third kappa shape index (κ3) is 2.22. The Hall–Kier alpha value is -1.89. The largest absolute Gasteiger partial charge is 0.371 e. The number of amides is 2. The van der Waals surface area contributed by atoms with E-state index in [1.165, 1.54) is 0 Å². The average Bonchev–Trinajstić information content (AvgIpc) is 3.21. The highest BCUT2D eigenvalue weighted by molar-refractivity contribution is 9.10. The highest BCUT2D eigenvalue weighted by atomic mass is 79.9. The van der Waals surface area contributed by atoms with Crippen molar-refractivity contribution in [3.05, 3.63) is 28.2 Å². The summed E-state index contributed by atoms with van der Waals surface area (Å²) in [7, 11) is 0. The smallest absolute Gasteiger partial charge is 0.246 e. The molecule has 0 radical (unpaired) electrons. The van der Waals surface area contributed by atoms with Gasteiger partial charge in [-0.2, -0.15) is 0 Å². The van der Waals surface area contributed by atoms with Crippen LogP contribution in [-0.2, 0) is 9.59 Å². The molecule has 3 unspecified atom stereocenters. The third-order valence-electron chi connectivity index (χ3n) is 7.36. The molecule has 3 atom stereocenters. The molecule has 1 spiro atoms. The highest BCUT2D eigenvalue weighted by Crippen LogP contribution is 2.51. The summed E-state index contributed by atoms with van der Waals surface area (Å²) < 4.78 is 0.857. The fraction of sp³-hybridized carbons (Fsp3) is 0.571. The highest BCUT2D eigenvalue weighted by Gasteiger charge is 2.61. The van der Waals surface area contributed by atoms with Crippen LogP contribution in [0.5, 0.6) is 0 Å². The van der Waals surface area contributed by atoms with Gasteiger partial charge >= 0.3 is 0 Å². The number of nitrogens with zero attached hydrogens (tertiary/aromatic N) is 2. The van der Waals surface area contributed by atoms with E-state index in [4.69, 9.17) is 0 Å². The fourth-order valence-electron chi connectivity index (χ4n) is 5.55. The maximum atomic E-state index is 13.7. The first-order valence-electron chi connectivity index (χ1n) is 9.99. The number of Topliss-reactive ketones (excluding diaryl/α,β-unsaturated/α-hetero) is 1. The number of carbonyl (C=O) groups excluding carboxylic acids is 3. The molecule has 0 saturated carbocycles. The molecule has 1 aromatic rings. The summed E-state index contributed by atoms with van der Waals surface area (Å²) in [6.45, 7) is 5.31. The predicted molar refractivity (Wildman–Crippen MR) is 108 cm³/mol. The Morgan fingerprint density at radius 1 is 1.07 bits per heavy atom. The van der Waals surface area contributed by atoms with E-state index in [0.29, 0.717) is 31.5 Å². The van der Waals surface area contributed by atoms with E-state index in [-0.39, 0.29) is 23.6 Å². The minimum Gasteiger partial charge on any atom is -0.371 e. The molecule has 1 aromatic carbocycles. The summed E-state index contributed by atoms with van der Waals surface area (Å²) >= 11 is 3.46. The first-order chi connectivity index (χ1) is 13.2. The van der Waals surface area contributed by atoms with Crippen LogP contribution in [-0.4, -0.2) is 58.1 Å². The normalized spacial score (nSPS) is 33.5. The summed E-state index contributed by atoms with van der Waals surface area (Å²) in [5.74, 6) is 0.0889. The van der Waals surface area contributed by atoms with Crippen LogP contribution in [0.25, 0.3) is 0 Å². The van der Waals surface area contributed by atoms with E-state index in [1.54, 1.807) is 9.80 Å². The minimum atomic E-state index is -0.891. The molecule has 0 bridgehead atoms. The van der Waals surface area contributed by atoms with Crippen molar-refractivity contribution in [1.29, 1.82) is 0 Å². The number of hydrogen-bond donors (Lipinski definition) is 1. The van der Waals surface area contributed by atoms with Crippen molar-refractivity contribution in [2.45, 2.75) is 57.2 Å². The quantitative estimate of drug-likeness (QED) is 0.666. The lowest BCUT2D eigenvalue weighted by Gasteiger charge is -2.45. The Balaban J connectivity index is 1.59. The Kier molecular flexibility index (Phi) is 3.77. The lowest BCUT2D eigenvalue weighted by Crippen LogP contribution is -2.64. The summed E-state index contributed by atoms with van der Waals surface area (Å²) in [5, 5.41) is 3.51. The van der Waals surface area contributed by atoms with Crippen molar-refractivity contribution in [3.8, 4) is 0 Å². The number of ketones is 1. The van der Waals surface area contributed by atoms with Crippen LogP contribution in [0.3, 0.4) is 0 Å². The lowest BCUT2D eigenvalue weighted by molar-refractivity contribution is -0.159. The molecule has 1 N–H and O–H groups in total. The van der Waals surface area contributed by atoms with E-state index in [0.717, 1.165) is 23.0 Å². The van der Waals surface area contributed by atoms with Gasteiger partial charge in [-0.1, -0.05) is 29.8 Å². The Bertz CT molecular complexity index is 914. The molecule has 148 valence electrons. The van der Waals surface area contributed by atoms with Crippen molar-refractivity contribution < 1.29 is 14.4 Å². The van der Waals surface area contributed by atoms with E-state index in [9.17, 15) is 14.4 Å². The van der Waals surface area contributed by atoms with Gasteiger partial charge in [-0.05, 0) is 42.9 Å². The summed E-state index contributed by atoms with van der Waals surface area (Å²) in [6, 6.07) is 4.80. The Labute approximate surface area is 172 Å². The zero-order chi connectivity index (χ0) is 19.8. The fourth-order valence-corrected chi connectivity index (χ4v) is 5.91. The molecule has 0 aromatic heterocycles. The van der Waals surface area contributed by atoms with Crippen LogP contribution in [0.4, 0.5) is 5.69 Å². The van der Waals surface area contributed by atoms with Crippen molar-refractivity contribution in [1.82, 2.24) is 9.80 Å². The first-order valence-corrected chi connectivity index (χ1v) is 10.8. The van der Waals surface area contributed by atoms with Gasteiger partial charge in [0, 0.05) is 35.2 Å². The topological polar surface area (TPSA) is 69.7 Å². The lowest BCUT2D eigenvalue weighted by atomic mass is 9.66. The number of piperazine rings is 1. The molecule has 4 aliphatic heterocycles. The van der Waals surface area contributed by atoms with Gasteiger partial charge in [-0.3, -0.25) is 14.4 Å². The van der Waals surface area contributed by atoms with Crippen molar-refractivity contribution in [2.75, 3.05) is 18.4 Å². The molecule has 0 aliphatic carbocycles. The number of hydrogen-bond acceptors (Lipinski definition) is 4. The second kappa shape index (κ2) is 5.81. The van der Waals surface area contributed by atoms with Crippen molar-refractivity contribution >= 4 is 39.2 Å². The van der Waals surface area contributed by atoms with Gasteiger partial charge in [0.25, 0.3) is 0 Å². The van der Waals surface area contributed by atoms with Gasteiger partial charge in [0.2, 0.25) is 11.8 Å². The van der Waals surface area contributed by atoms with E-state index < -0.39 is 17.0 Å². The first kappa shape index (κ1) is 18.2. The molecule has 28 heavy (non-hydrogen) atoms. The molecular weight excluding hydrogens is 422 g/mol. The molecule has 7 heteroatoms. The number of rotatable bonds is 0. The number of halogens is 1. The Morgan fingerprint density at radius 3 is 2.57 bits per heavy atom. The molecule has 4 aliphatic rings. The van der Waals surface area contributed by atoms with Gasteiger partial charge in [0.05, 0.1) is 0 Å². The third-order valence-corrected chi connectivity index (χ3v) is 7.85. The number of nitrogens with one attached hydrogen (secondary N) is 1. The SMILES string of the molecule is CC1(C)CCN2C(=O)C3CCCN3C(=O)C2CC12Nc1ccc(Br)cc1C2=O. The van der Waals surface area contributed by atoms with Crippen LogP contribution in [0.1, 0.15) is 49.9 Å². The zero-order valence-electron chi connectivity index (χ0n) is 16.1. The van der Waals surface area contributed by atoms with Crippen LogP contribution in [0.15, 0.2) is 22.7 Å². The van der Waals surface area contributed by atoms with Gasteiger partial charge in [0.15, 0.2) is 5.78 Å². The molecule has 3 fully saturated rings. The predicted octanol–water partition coefficient (Wildman–Crippen LogP) is 2.82. The number of anilines is 1. The Morgan fingerprint density at radius 2 is 1.79 bits per heavy atom. The molecule has 6 nitrogen and oxygen atoms in total. The molecule has 3 saturated heterocycles. The molecule has 5 rings (SSSR count).